The van der Waals surface area contributed by atoms with Crippen molar-refractivity contribution in [3.05, 3.63) is 0 Å². The van der Waals surface area contributed by atoms with Gasteiger partial charge in [0.15, 0.2) is 6.49 Å². The van der Waals surface area contributed by atoms with E-state index < -0.39 is 6.49 Å². The molecule has 0 N–H and O–H groups in total. The van der Waals surface area contributed by atoms with Crippen LogP contribution in [0.3, 0.4) is 0 Å². The minimum atomic E-state index is -1.91. The van der Waals surface area contributed by atoms with Crippen molar-refractivity contribution in [1.29, 1.82) is 0 Å². The van der Waals surface area contributed by atoms with Gasteiger partial charge in [-0.15, -0.1) is 0 Å². The summed E-state index contributed by atoms with van der Waals surface area (Å²) in [6.45, 7) is 11.2. The zero-order valence-corrected chi connectivity index (χ0v) is 14.1. The summed E-state index contributed by atoms with van der Waals surface area (Å²) in [6.07, 6.45) is 3.90. The van der Waals surface area contributed by atoms with Gasteiger partial charge < -0.3 is 9.05 Å². The SMILES string of the molecule is CC1(C)CC(C2COP(C)(=S)OC2)CC(C)(C)C1. The fourth-order valence-corrected chi connectivity index (χ4v) is 5.45. The second kappa shape index (κ2) is 4.84. The van der Waals surface area contributed by atoms with Crippen LogP contribution in [-0.4, -0.2) is 19.9 Å². The Balaban J connectivity index is 2.03. The molecule has 0 atom stereocenters. The zero-order chi connectivity index (χ0) is 13.6. The van der Waals surface area contributed by atoms with E-state index >= 15 is 0 Å². The second-order valence-electron chi connectivity index (χ2n) is 7.80. The highest BCUT2D eigenvalue weighted by atomic mass is 32.5. The lowest BCUT2D eigenvalue weighted by molar-refractivity contribution is -0.00263. The quantitative estimate of drug-likeness (QED) is 0.665. The summed E-state index contributed by atoms with van der Waals surface area (Å²) in [5, 5.41) is 0. The fraction of sp³-hybridized carbons (Fsp3) is 1.00. The van der Waals surface area contributed by atoms with Crippen LogP contribution in [-0.2, 0) is 20.9 Å². The molecule has 0 aromatic heterocycles. The standard InChI is InChI=1S/C14H27O2PS/c1-13(2)6-11(7-14(3,4)10-13)12-8-15-17(5,18)16-9-12/h11-12H,6-10H2,1-5H3. The number of hydrogen-bond donors (Lipinski definition) is 0. The van der Waals surface area contributed by atoms with Crippen LogP contribution in [0.2, 0.25) is 0 Å². The fourth-order valence-electron chi connectivity index (χ4n) is 4.08. The van der Waals surface area contributed by atoms with E-state index in [4.69, 9.17) is 20.9 Å². The minimum Gasteiger partial charge on any atom is -0.329 e. The summed E-state index contributed by atoms with van der Waals surface area (Å²) in [5.41, 5.74) is 0.881. The number of rotatable bonds is 1. The monoisotopic (exact) mass is 290 g/mol. The lowest BCUT2D eigenvalue weighted by atomic mass is 9.59. The lowest BCUT2D eigenvalue weighted by Gasteiger charge is -2.48. The Hall–Kier alpha value is 0.570. The third-order valence-electron chi connectivity index (χ3n) is 4.30. The smallest absolute Gasteiger partial charge is 0.185 e. The zero-order valence-electron chi connectivity index (χ0n) is 12.4. The van der Waals surface area contributed by atoms with Gasteiger partial charge in [-0.05, 0) is 47.8 Å². The number of hydrogen-bond acceptors (Lipinski definition) is 3. The molecule has 0 spiro atoms. The first-order valence-electron chi connectivity index (χ1n) is 6.95. The van der Waals surface area contributed by atoms with E-state index in [0.717, 1.165) is 19.1 Å². The van der Waals surface area contributed by atoms with Gasteiger partial charge in [-0.2, -0.15) is 0 Å². The molecule has 2 rings (SSSR count). The molecule has 2 nitrogen and oxygen atoms in total. The Bertz CT molecular complexity index is 337. The topological polar surface area (TPSA) is 18.5 Å². The molecule has 0 aromatic rings. The van der Waals surface area contributed by atoms with Gasteiger partial charge in [0.25, 0.3) is 0 Å². The van der Waals surface area contributed by atoms with E-state index in [1.807, 2.05) is 6.66 Å². The predicted octanol–water partition coefficient (Wildman–Crippen LogP) is 4.44. The van der Waals surface area contributed by atoms with Crippen molar-refractivity contribution in [2.75, 3.05) is 19.9 Å². The largest absolute Gasteiger partial charge is 0.329 e. The molecule has 0 radical (unpaired) electrons. The Morgan fingerprint density at radius 1 is 0.944 bits per heavy atom. The summed E-state index contributed by atoms with van der Waals surface area (Å²) in [6, 6.07) is 0. The molecule has 0 aromatic carbocycles. The molecule has 106 valence electrons. The maximum atomic E-state index is 5.77. The summed E-state index contributed by atoms with van der Waals surface area (Å²) < 4.78 is 11.5. The van der Waals surface area contributed by atoms with Crippen LogP contribution in [0.15, 0.2) is 0 Å². The van der Waals surface area contributed by atoms with Crippen LogP contribution in [0.1, 0.15) is 47.0 Å². The molecule has 1 saturated heterocycles. The molecule has 1 saturated carbocycles. The molecular formula is C14H27O2PS. The van der Waals surface area contributed by atoms with Gasteiger partial charge in [0.05, 0.1) is 13.2 Å². The summed E-state index contributed by atoms with van der Waals surface area (Å²) in [5.74, 6) is 1.26. The van der Waals surface area contributed by atoms with Crippen molar-refractivity contribution in [2.45, 2.75) is 47.0 Å². The molecular weight excluding hydrogens is 263 g/mol. The summed E-state index contributed by atoms with van der Waals surface area (Å²) >= 11 is 5.31. The average molecular weight is 290 g/mol. The molecule has 18 heavy (non-hydrogen) atoms. The van der Waals surface area contributed by atoms with Gasteiger partial charge in [0.1, 0.15) is 0 Å². The van der Waals surface area contributed by atoms with Gasteiger partial charge in [-0.3, -0.25) is 0 Å². The van der Waals surface area contributed by atoms with Crippen molar-refractivity contribution in [1.82, 2.24) is 0 Å². The first-order valence-corrected chi connectivity index (χ1v) is 10.0. The predicted molar refractivity (Wildman–Crippen MR) is 80.5 cm³/mol. The lowest BCUT2D eigenvalue weighted by Crippen LogP contribution is -2.40. The van der Waals surface area contributed by atoms with Gasteiger partial charge in [0, 0.05) is 12.6 Å². The van der Waals surface area contributed by atoms with Crippen LogP contribution in [0.25, 0.3) is 0 Å². The van der Waals surface area contributed by atoms with E-state index in [9.17, 15) is 0 Å². The van der Waals surface area contributed by atoms with Crippen LogP contribution >= 0.6 is 6.49 Å². The van der Waals surface area contributed by atoms with Crippen molar-refractivity contribution in [3.63, 3.8) is 0 Å². The molecule has 1 aliphatic carbocycles. The maximum Gasteiger partial charge on any atom is 0.185 e. The molecule has 4 heteroatoms. The maximum absolute atomic E-state index is 5.77. The van der Waals surface area contributed by atoms with E-state index in [1.54, 1.807) is 0 Å². The normalized spacial score (nSPS) is 40.6. The third-order valence-corrected chi connectivity index (χ3v) is 6.17. The van der Waals surface area contributed by atoms with Gasteiger partial charge in [-0.1, -0.05) is 27.7 Å². The first kappa shape index (κ1) is 15.0. The molecule has 1 aliphatic heterocycles. The van der Waals surface area contributed by atoms with Crippen molar-refractivity contribution in [3.8, 4) is 0 Å². The van der Waals surface area contributed by atoms with Crippen LogP contribution in [0.4, 0.5) is 0 Å². The Kier molecular flexibility index (Phi) is 4.03. The van der Waals surface area contributed by atoms with Gasteiger partial charge in [-0.25, -0.2) is 0 Å². The molecule has 1 heterocycles. The Labute approximate surface area is 117 Å². The molecule has 2 fully saturated rings. The molecule has 2 aliphatic rings. The summed E-state index contributed by atoms with van der Waals surface area (Å²) in [4.78, 5) is 0. The first-order chi connectivity index (χ1) is 8.09. The molecule has 0 bridgehead atoms. The third kappa shape index (κ3) is 3.79. The van der Waals surface area contributed by atoms with E-state index in [-0.39, 0.29) is 0 Å². The highest BCUT2D eigenvalue weighted by Crippen LogP contribution is 2.54. The van der Waals surface area contributed by atoms with Gasteiger partial charge >= 0.3 is 0 Å². The van der Waals surface area contributed by atoms with Crippen molar-refractivity contribution >= 4 is 18.3 Å². The van der Waals surface area contributed by atoms with E-state index in [2.05, 4.69) is 27.7 Å². The van der Waals surface area contributed by atoms with E-state index in [0.29, 0.717) is 16.7 Å². The highest BCUT2D eigenvalue weighted by Gasteiger charge is 2.42. The van der Waals surface area contributed by atoms with Crippen LogP contribution in [0.5, 0.6) is 0 Å². The van der Waals surface area contributed by atoms with E-state index in [1.165, 1.54) is 19.3 Å². The van der Waals surface area contributed by atoms with Gasteiger partial charge in [0.2, 0.25) is 0 Å². The van der Waals surface area contributed by atoms with Crippen molar-refractivity contribution in [2.24, 2.45) is 22.7 Å². The molecule has 0 amide bonds. The Morgan fingerprint density at radius 3 is 1.83 bits per heavy atom. The van der Waals surface area contributed by atoms with Crippen LogP contribution in [0, 0.1) is 22.7 Å². The average Bonchev–Trinajstić information content (AvgIpc) is 2.12. The van der Waals surface area contributed by atoms with Crippen LogP contribution < -0.4 is 0 Å². The Morgan fingerprint density at radius 2 is 1.39 bits per heavy atom. The minimum absolute atomic E-state index is 0.441. The summed E-state index contributed by atoms with van der Waals surface area (Å²) in [7, 11) is 0. The highest BCUT2D eigenvalue weighted by molar-refractivity contribution is 8.09. The van der Waals surface area contributed by atoms with Crippen molar-refractivity contribution < 1.29 is 9.05 Å². The molecule has 0 unspecified atom stereocenters. The second-order valence-corrected chi connectivity index (χ2v) is 11.8.